The maximum atomic E-state index is 12.3. The first-order valence-corrected chi connectivity index (χ1v) is 6.18. The van der Waals surface area contributed by atoms with Crippen molar-refractivity contribution in [2.45, 2.75) is 26.3 Å². The fraction of sp³-hybridized carbons (Fsp3) is 0.500. The Hall–Kier alpha value is -1.35. The maximum absolute atomic E-state index is 12.3. The maximum Gasteiger partial charge on any atom is 0.253 e. The molecular formula is C14H20N2O. The molecule has 2 unspecified atom stereocenters. The van der Waals surface area contributed by atoms with Gasteiger partial charge in [0.15, 0.2) is 0 Å². The normalized spacial score (nSPS) is 24.8. The quantitative estimate of drug-likeness (QED) is 0.802. The molecule has 0 bridgehead atoms. The Morgan fingerprint density at radius 2 is 2.18 bits per heavy atom. The lowest BCUT2D eigenvalue weighted by molar-refractivity contribution is 0.0661. The predicted octanol–water partition coefficient (Wildman–Crippen LogP) is 1.80. The molecule has 1 heterocycles. The molecule has 1 fully saturated rings. The zero-order valence-electron chi connectivity index (χ0n) is 10.5. The summed E-state index contributed by atoms with van der Waals surface area (Å²) < 4.78 is 0. The predicted molar refractivity (Wildman–Crippen MR) is 68.8 cm³/mol. The number of hydrogen-bond donors (Lipinski definition) is 1. The van der Waals surface area contributed by atoms with E-state index in [9.17, 15) is 4.79 Å². The monoisotopic (exact) mass is 232 g/mol. The molecule has 92 valence electrons. The topological polar surface area (TPSA) is 46.3 Å². The van der Waals surface area contributed by atoms with Crippen molar-refractivity contribution in [3.8, 4) is 0 Å². The second kappa shape index (κ2) is 4.88. The second-order valence-electron chi connectivity index (χ2n) is 5.18. The molecule has 3 heteroatoms. The summed E-state index contributed by atoms with van der Waals surface area (Å²) in [4.78, 5) is 14.2. The number of rotatable bonds is 1. The van der Waals surface area contributed by atoms with E-state index < -0.39 is 0 Å². The van der Waals surface area contributed by atoms with E-state index in [1.165, 1.54) is 0 Å². The highest BCUT2D eigenvalue weighted by molar-refractivity contribution is 5.94. The molecule has 0 spiro atoms. The third-order valence-corrected chi connectivity index (χ3v) is 3.24. The molecule has 1 saturated heterocycles. The molecule has 1 aliphatic rings. The molecule has 1 amide bonds. The van der Waals surface area contributed by atoms with Gasteiger partial charge in [-0.3, -0.25) is 4.79 Å². The summed E-state index contributed by atoms with van der Waals surface area (Å²) in [5.41, 5.74) is 7.85. The smallest absolute Gasteiger partial charge is 0.253 e. The van der Waals surface area contributed by atoms with Crippen LogP contribution in [0.25, 0.3) is 0 Å². The van der Waals surface area contributed by atoms with Crippen molar-refractivity contribution in [2.24, 2.45) is 11.7 Å². The van der Waals surface area contributed by atoms with Gasteiger partial charge in [0.1, 0.15) is 0 Å². The highest BCUT2D eigenvalue weighted by Gasteiger charge is 2.26. The molecule has 0 radical (unpaired) electrons. The number of nitrogens with zero attached hydrogens (tertiary/aromatic N) is 1. The number of piperidine rings is 1. The minimum atomic E-state index is 0.107. The number of nitrogens with two attached hydrogens (primary N) is 1. The zero-order chi connectivity index (χ0) is 12.4. The van der Waals surface area contributed by atoms with Gasteiger partial charge in [0.05, 0.1) is 0 Å². The van der Waals surface area contributed by atoms with Crippen LogP contribution in [0.2, 0.25) is 0 Å². The first kappa shape index (κ1) is 12.1. The Bertz CT molecular complexity index is 406. The van der Waals surface area contributed by atoms with Crippen LogP contribution >= 0.6 is 0 Å². The van der Waals surface area contributed by atoms with Crippen LogP contribution in [0.15, 0.2) is 24.3 Å². The summed E-state index contributed by atoms with van der Waals surface area (Å²) in [6.45, 7) is 5.65. The number of carbonyl (C=O) groups excluding carboxylic acids is 1. The van der Waals surface area contributed by atoms with Crippen molar-refractivity contribution in [3.05, 3.63) is 35.4 Å². The van der Waals surface area contributed by atoms with Crippen LogP contribution in [-0.4, -0.2) is 29.9 Å². The van der Waals surface area contributed by atoms with E-state index >= 15 is 0 Å². The van der Waals surface area contributed by atoms with E-state index in [4.69, 9.17) is 5.73 Å². The van der Waals surface area contributed by atoms with E-state index in [2.05, 4.69) is 6.92 Å². The first-order valence-electron chi connectivity index (χ1n) is 6.18. The third-order valence-electron chi connectivity index (χ3n) is 3.24. The fourth-order valence-electron chi connectivity index (χ4n) is 2.53. The highest BCUT2D eigenvalue weighted by Crippen LogP contribution is 2.17. The Labute approximate surface area is 103 Å². The summed E-state index contributed by atoms with van der Waals surface area (Å²) in [7, 11) is 0. The van der Waals surface area contributed by atoms with Crippen LogP contribution in [0.5, 0.6) is 0 Å². The van der Waals surface area contributed by atoms with Crippen LogP contribution in [-0.2, 0) is 0 Å². The number of likely N-dealkylation sites (tertiary alicyclic amines) is 1. The van der Waals surface area contributed by atoms with Gasteiger partial charge in [-0.2, -0.15) is 0 Å². The zero-order valence-corrected chi connectivity index (χ0v) is 10.5. The first-order chi connectivity index (χ1) is 8.06. The van der Waals surface area contributed by atoms with Gasteiger partial charge in [-0.1, -0.05) is 24.6 Å². The Kier molecular flexibility index (Phi) is 3.48. The number of amides is 1. The third kappa shape index (κ3) is 2.86. The lowest BCUT2D eigenvalue weighted by atomic mass is 9.96. The van der Waals surface area contributed by atoms with Crippen molar-refractivity contribution >= 4 is 5.91 Å². The van der Waals surface area contributed by atoms with Crippen LogP contribution in [0.3, 0.4) is 0 Å². The van der Waals surface area contributed by atoms with Gasteiger partial charge in [-0.05, 0) is 31.4 Å². The van der Waals surface area contributed by atoms with Gasteiger partial charge in [0.2, 0.25) is 0 Å². The molecule has 2 rings (SSSR count). The summed E-state index contributed by atoms with van der Waals surface area (Å²) >= 11 is 0. The fourth-order valence-corrected chi connectivity index (χ4v) is 2.53. The van der Waals surface area contributed by atoms with Crippen LogP contribution in [0, 0.1) is 12.8 Å². The molecule has 1 aromatic carbocycles. The van der Waals surface area contributed by atoms with E-state index in [1.54, 1.807) is 0 Å². The van der Waals surface area contributed by atoms with E-state index in [1.807, 2.05) is 36.1 Å². The van der Waals surface area contributed by atoms with Gasteiger partial charge in [0.25, 0.3) is 5.91 Å². The summed E-state index contributed by atoms with van der Waals surface area (Å²) in [6, 6.07) is 7.86. The average molecular weight is 232 g/mol. The lowest BCUT2D eigenvalue weighted by Crippen LogP contribution is -2.48. The minimum Gasteiger partial charge on any atom is -0.337 e. The van der Waals surface area contributed by atoms with Crippen molar-refractivity contribution in [1.82, 2.24) is 4.90 Å². The van der Waals surface area contributed by atoms with Crippen molar-refractivity contribution in [3.63, 3.8) is 0 Å². The van der Waals surface area contributed by atoms with E-state index in [0.717, 1.165) is 24.1 Å². The van der Waals surface area contributed by atoms with Crippen LogP contribution < -0.4 is 5.73 Å². The Morgan fingerprint density at radius 1 is 1.41 bits per heavy atom. The number of aryl methyl sites for hydroxylation is 1. The number of benzene rings is 1. The molecular weight excluding hydrogens is 212 g/mol. The van der Waals surface area contributed by atoms with Crippen molar-refractivity contribution in [2.75, 3.05) is 13.1 Å². The molecule has 2 atom stereocenters. The van der Waals surface area contributed by atoms with Gasteiger partial charge >= 0.3 is 0 Å². The molecule has 0 aliphatic carbocycles. The highest BCUT2D eigenvalue weighted by atomic mass is 16.2. The summed E-state index contributed by atoms with van der Waals surface area (Å²) in [5, 5.41) is 0. The number of hydrogen-bond acceptors (Lipinski definition) is 2. The summed E-state index contributed by atoms with van der Waals surface area (Å²) in [5.74, 6) is 0.600. The molecule has 3 nitrogen and oxygen atoms in total. The molecule has 1 aromatic rings. The van der Waals surface area contributed by atoms with Crippen molar-refractivity contribution in [1.29, 1.82) is 0 Å². The SMILES string of the molecule is Cc1cccc(C(=O)N2CC(C)CC(N)C2)c1. The minimum absolute atomic E-state index is 0.107. The standard InChI is InChI=1S/C14H20N2O/c1-10-4-3-5-12(6-10)14(17)16-8-11(2)7-13(15)9-16/h3-6,11,13H,7-9,15H2,1-2H3. The Balaban J connectivity index is 2.14. The van der Waals surface area contributed by atoms with Crippen molar-refractivity contribution < 1.29 is 4.79 Å². The lowest BCUT2D eigenvalue weighted by Gasteiger charge is -2.34. The average Bonchev–Trinajstić information content (AvgIpc) is 2.26. The molecule has 0 saturated carbocycles. The van der Waals surface area contributed by atoms with Crippen LogP contribution in [0.1, 0.15) is 29.3 Å². The van der Waals surface area contributed by atoms with Gasteiger partial charge in [-0.25, -0.2) is 0 Å². The van der Waals surface area contributed by atoms with Gasteiger partial charge < -0.3 is 10.6 Å². The summed E-state index contributed by atoms with van der Waals surface area (Å²) in [6.07, 6.45) is 1.01. The second-order valence-corrected chi connectivity index (χ2v) is 5.18. The van der Waals surface area contributed by atoms with E-state index in [-0.39, 0.29) is 11.9 Å². The molecule has 1 aliphatic heterocycles. The number of carbonyl (C=O) groups is 1. The largest absolute Gasteiger partial charge is 0.337 e. The molecule has 0 aromatic heterocycles. The van der Waals surface area contributed by atoms with E-state index in [0.29, 0.717) is 12.5 Å². The van der Waals surface area contributed by atoms with Gasteiger partial charge in [-0.15, -0.1) is 0 Å². The molecule has 17 heavy (non-hydrogen) atoms. The van der Waals surface area contributed by atoms with Crippen LogP contribution in [0.4, 0.5) is 0 Å². The van der Waals surface area contributed by atoms with Gasteiger partial charge in [0, 0.05) is 24.7 Å². The molecule has 2 N–H and O–H groups in total. The Morgan fingerprint density at radius 3 is 2.82 bits per heavy atom.